The van der Waals surface area contributed by atoms with E-state index in [4.69, 9.17) is 0 Å². The van der Waals surface area contributed by atoms with Crippen molar-refractivity contribution in [2.45, 2.75) is 32.6 Å². The van der Waals surface area contributed by atoms with Crippen LogP contribution >= 0.6 is 0 Å². The van der Waals surface area contributed by atoms with E-state index in [-0.39, 0.29) is 0 Å². The fraction of sp³-hybridized carbons (Fsp3) is 0.235. The third-order valence-corrected chi connectivity index (χ3v) is 4.44. The highest BCUT2D eigenvalue weighted by Crippen LogP contribution is 2.20. The highest BCUT2D eigenvalue weighted by atomic mass is 32.2. The van der Waals surface area contributed by atoms with Crippen molar-refractivity contribution in [3.05, 3.63) is 64.2 Å². The molecule has 0 fully saturated rings. The molecule has 0 N–H and O–H groups in total. The lowest BCUT2D eigenvalue weighted by molar-refractivity contribution is 0.683. The minimum absolute atomic E-state index is 0.818. The molecule has 0 aliphatic rings. The molecular weight excluding hydrogens is 266 g/mol. The molecule has 0 saturated carbocycles. The average Bonchev–Trinajstić information content (AvgIpc) is 2.37. The van der Waals surface area contributed by atoms with Crippen molar-refractivity contribution in [2.75, 3.05) is 0 Å². The number of hydrogen-bond donors (Lipinski definition) is 0. The van der Waals surface area contributed by atoms with Gasteiger partial charge >= 0.3 is 0 Å². The van der Waals surface area contributed by atoms with E-state index in [1.807, 2.05) is 64.1 Å². The van der Waals surface area contributed by atoms with E-state index in [1.165, 1.54) is 11.1 Å². The van der Waals surface area contributed by atoms with Crippen LogP contribution in [0.3, 0.4) is 0 Å². The van der Waals surface area contributed by atoms with Crippen LogP contribution in [0.2, 0.25) is 0 Å². The van der Waals surface area contributed by atoms with Crippen LogP contribution in [-0.4, -0.2) is 10.4 Å². The molecule has 0 bridgehead atoms. The van der Waals surface area contributed by atoms with Gasteiger partial charge in [0, 0.05) is 6.21 Å². The molecule has 0 heterocycles. The van der Waals surface area contributed by atoms with Gasteiger partial charge in [-0.2, -0.15) is 4.40 Å². The van der Waals surface area contributed by atoms with Crippen molar-refractivity contribution in [2.24, 2.45) is 4.40 Å². The van der Waals surface area contributed by atoms with Crippen LogP contribution in [-0.2, 0) is 11.0 Å². The highest BCUT2D eigenvalue weighted by molar-refractivity contribution is 7.84. The molecule has 1 atom stereocenters. The van der Waals surface area contributed by atoms with Crippen LogP contribution in [0.1, 0.15) is 27.8 Å². The van der Waals surface area contributed by atoms with Crippen LogP contribution in [0.4, 0.5) is 0 Å². The Morgan fingerprint density at radius 3 is 2.00 bits per heavy atom. The number of benzene rings is 2. The third kappa shape index (κ3) is 3.42. The first-order chi connectivity index (χ1) is 9.47. The first kappa shape index (κ1) is 14.7. The maximum atomic E-state index is 12.4. The van der Waals surface area contributed by atoms with E-state index in [0.717, 1.165) is 21.6 Å². The Morgan fingerprint density at radius 2 is 1.45 bits per heavy atom. The van der Waals surface area contributed by atoms with Crippen LogP contribution in [0, 0.1) is 27.7 Å². The predicted molar refractivity (Wildman–Crippen MR) is 85.8 cm³/mol. The molecule has 0 aromatic heterocycles. The summed E-state index contributed by atoms with van der Waals surface area (Å²) in [5, 5.41) is 0. The lowest BCUT2D eigenvalue weighted by Crippen LogP contribution is -1.97. The average molecular weight is 285 g/mol. The molecule has 0 aliphatic heterocycles. The summed E-state index contributed by atoms with van der Waals surface area (Å²) in [6.45, 7) is 8.05. The first-order valence-corrected chi connectivity index (χ1v) is 7.68. The molecule has 3 heteroatoms. The largest absolute Gasteiger partial charge is 0.229 e. The molecule has 20 heavy (non-hydrogen) atoms. The zero-order chi connectivity index (χ0) is 14.7. The third-order valence-electron chi connectivity index (χ3n) is 3.15. The maximum Gasteiger partial charge on any atom is 0.173 e. The number of hydrogen-bond acceptors (Lipinski definition) is 1. The predicted octanol–water partition coefficient (Wildman–Crippen LogP) is 4.06. The lowest BCUT2D eigenvalue weighted by Gasteiger charge is -2.07. The van der Waals surface area contributed by atoms with Crippen LogP contribution in [0.15, 0.2) is 45.7 Å². The monoisotopic (exact) mass is 285 g/mol. The Bertz CT molecular complexity index is 649. The summed E-state index contributed by atoms with van der Waals surface area (Å²) >= 11 is 0. The molecule has 0 spiro atoms. The Labute approximate surface area is 123 Å². The smallest absolute Gasteiger partial charge is 0.173 e. The van der Waals surface area contributed by atoms with Gasteiger partial charge in [-0.3, -0.25) is 0 Å². The zero-order valence-electron chi connectivity index (χ0n) is 12.3. The summed E-state index contributed by atoms with van der Waals surface area (Å²) in [5.74, 6) is 0. The molecule has 104 valence electrons. The van der Waals surface area contributed by atoms with Crippen molar-refractivity contribution >= 4 is 17.2 Å². The molecule has 0 radical (unpaired) electrons. The molecule has 2 nitrogen and oxygen atoms in total. The van der Waals surface area contributed by atoms with Crippen molar-refractivity contribution in [1.29, 1.82) is 0 Å². The minimum Gasteiger partial charge on any atom is -0.229 e. The van der Waals surface area contributed by atoms with Gasteiger partial charge in [0.2, 0.25) is 0 Å². The summed E-state index contributed by atoms with van der Waals surface area (Å²) < 4.78 is 16.5. The summed E-state index contributed by atoms with van der Waals surface area (Å²) in [6, 6.07) is 12.1. The summed E-state index contributed by atoms with van der Waals surface area (Å²) in [4.78, 5) is 0.818. The fourth-order valence-electron chi connectivity index (χ4n) is 2.26. The van der Waals surface area contributed by atoms with Gasteiger partial charge in [0.1, 0.15) is 0 Å². The van der Waals surface area contributed by atoms with Gasteiger partial charge in [-0.1, -0.05) is 47.5 Å². The number of aryl methyl sites for hydroxylation is 4. The SMILES string of the molecule is Cc1ccc(/C=N/[S@](=O)c2c(C)cc(C)cc2C)cc1. The Balaban J connectivity index is 2.26. The number of nitrogens with zero attached hydrogens (tertiary/aromatic N) is 1. The Hall–Kier alpha value is -1.74. The van der Waals surface area contributed by atoms with Crippen LogP contribution in [0.25, 0.3) is 0 Å². The van der Waals surface area contributed by atoms with Crippen molar-refractivity contribution < 1.29 is 4.21 Å². The lowest BCUT2D eigenvalue weighted by atomic mass is 10.1. The first-order valence-electron chi connectivity index (χ1n) is 6.58. The summed E-state index contributed by atoms with van der Waals surface area (Å²) in [5.41, 5.74) is 5.41. The van der Waals surface area contributed by atoms with Gasteiger partial charge < -0.3 is 0 Å². The molecule has 0 unspecified atom stereocenters. The topological polar surface area (TPSA) is 29.4 Å². The molecule has 2 aromatic carbocycles. The van der Waals surface area contributed by atoms with E-state index < -0.39 is 11.0 Å². The van der Waals surface area contributed by atoms with E-state index >= 15 is 0 Å². The van der Waals surface area contributed by atoms with Gasteiger partial charge in [0.05, 0.1) is 4.90 Å². The summed E-state index contributed by atoms with van der Waals surface area (Å²) in [7, 11) is -1.35. The molecular formula is C17H19NOS. The zero-order valence-corrected chi connectivity index (χ0v) is 13.1. The Kier molecular flexibility index (Phi) is 4.50. The molecule has 0 aliphatic carbocycles. The number of rotatable bonds is 3. The van der Waals surface area contributed by atoms with Gasteiger partial charge in [0.25, 0.3) is 0 Å². The second kappa shape index (κ2) is 6.14. The fourth-order valence-corrected chi connectivity index (χ4v) is 3.25. The highest BCUT2D eigenvalue weighted by Gasteiger charge is 2.09. The molecule has 0 amide bonds. The van der Waals surface area contributed by atoms with Gasteiger partial charge in [-0.15, -0.1) is 0 Å². The van der Waals surface area contributed by atoms with Crippen molar-refractivity contribution in [3.63, 3.8) is 0 Å². The van der Waals surface area contributed by atoms with E-state index in [0.29, 0.717) is 0 Å². The minimum atomic E-state index is -1.35. The van der Waals surface area contributed by atoms with Gasteiger partial charge in [-0.05, 0) is 44.4 Å². The molecule has 0 saturated heterocycles. The maximum absolute atomic E-state index is 12.4. The van der Waals surface area contributed by atoms with Crippen LogP contribution < -0.4 is 0 Å². The van der Waals surface area contributed by atoms with E-state index in [2.05, 4.69) is 4.40 Å². The second-order valence-electron chi connectivity index (χ2n) is 5.12. The normalized spacial score (nSPS) is 12.8. The summed E-state index contributed by atoms with van der Waals surface area (Å²) in [6.07, 6.45) is 1.67. The van der Waals surface area contributed by atoms with Crippen LogP contribution in [0.5, 0.6) is 0 Å². The van der Waals surface area contributed by atoms with Crippen molar-refractivity contribution in [3.8, 4) is 0 Å². The van der Waals surface area contributed by atoms with E-state index in [9.17, 15) is 4.21 Å². The standard InChI is InChI=1S/C17H19NOS/c1-12-5-7-16(8-6-12)11-18-20(19)17-14(3)9-13(2)10-15(17)4/h5-11H,1-4H3/b18-11+/t20-/m1/s1. The second-order valence-corrected chi connectivity index (χ2v) is 6.24. The van der Waals surface area contributed by atoms with Gasteiger partial charge in [-0.25, -0.2) is 4.21 Å². The van der Waals surface area contributed by atoms with Crippen molar-refractivity contribution in [1.82, 2.24) is 0 Å². The van der Waals surface area contributed by atoms with E-state index in [1.54, 1.807) is 6.21 Å². The molecule has 2 rings (SSSR count). The Morgan fingerprint density at radius 1 is 0.900 bits per heavy atom. The molecule has 2 aromatic rings. The quantitative estimate of drug-likeness (QED) is 0.782. The van der Waals surface area contributed by atoms with Gasteiger partial charge in [0.15, 0.2) is 11.0 Å².